The smallest absolute Gasteiger partial charge is 0.120 e. The Morgan fingerprint density at radius 3 is 2.65 bits per heavy atom. The van der Waals surface area contributed by atoms with Gasteiger partial charge >= 0.3 is 0 Å². The van der Waals surface area contributed by atoms with E-state index in [9.17, 15) is 0 Å². The molecular weight excluding hydrogens is 236 g/mol. The molecule has 2 rings (SSSR count). The van der Waals surface area contributed by atoms with Gasteiger partial charge in [0.15, 0.2) is 0 Å². The molecule has 0 unspecified atom stereocenters. The number of anilines is 1. The van der Waals surface area contributed by atoms with Crippen LogP contribution in [0.4, 0.5) is 5.69 Å². The molecule has 0 saturated carbocycles. The van der Waals surface area contributed by atoms with E-state index >= 15 is 0 Å². The van der Waals surface area contributed by atoms with Gasteiger partial charge in [-0.25, -0.2) is 0 Å². The molecule has 1 aliphatic rings. The number of nitrogens with zero attached hydrogens (tertiary/aromatic N) is 2. The Morgan fingerprint density at radius 1 is 1.24 bits per heavy atom. The van der Waals surface area contributed by atoms with Crippen LogP contribution >= 0.6 is 11.6 Å². The fourth-order valence-electron chi connectivity index (χ4n) is 2.16. The van der Waals surface area contributed by atoms with Crippen molar-refractivity contribution in [1.82, 2.24) is 4.90 Å². The van der Waals surface area contributed by atoms with Gasteiger partial charge in [-0.3, -0.25) is 4.90 Å². The van der Waals surface area contributed by atoms with Gasteiger partial charge in [0.05, 0.1) is 7.11 Å². The van der Waals surface area contributed by atoms with Crippen molar-refractivity contribution in [1.29, 1.82) is 0 Å². The van der Waals surface area contributed by atoms with E-state index in [0.29, 0.717) is 0 Å². The van der Waals surface area contributed by atoms with Gasteiger partial charge in [-0.05, 0) is 12.1 Å². The van der Waals surface area contributed by atoms with E-state index in [1.165, 1.54) is 5.69 Å². The Hall–Kier alpha value is -0.930. The van der Waals surface area contributed by atoms with Gasteiger partial charge in [-0.15, -0.1) is 11.6 Å². The summed E-state index contributed by atoms with van der Waals surface area (Å²) >= 11 is 5.76. The number of hydrogen-bond acceptors (Lipinski definition) is 3. The van der Waals surface area contributed by atoms with E-state index in [4.69, 9.17) is 16.3 Å². The van der Waals surface area contributed by atoms with E-state index in [2.05, 4.69) is 21.9 Å². The molecule has 0 bridgehead atoms. The molecule has 3 nitrogen and oxygen atoms in total. The second-order valence-corrected chi connectivity index (χ2v) is 4.60. The molecule has 1 heterocycles. The highest BCUT2D eigenvalue weighted by Gasteiger charge is 2.16. The molecule has 1 fully saturated rings. The SMILES string of the molecule is COc1cccc(N2CCN(CCCl)CC2)c1. The van der Waals surface area contributed by atoms with Gasteiger partial charge < -0.3 is 9.64 Å². The molecule has 0 amide bonds. The largest absolute Gasteiger partial charge is 0.497 e. The number of hydrogen-bond donors (Lipinski definition) is 0. The summed E-state index contributed by atoms with van der Waals surface area (Å²) in [5.74, 6) is 1.64. The quantitative estimate of drug-likeness (QED) is 0.765. The Kier molecular flexibility index (Phi) is 4.51. The van der Waals surface area contributed by atoms with E-state index in [-0.39, 0.29) is 0 Å². The topological polar surface area (TPSA) is 15.7 Å². The monoisotopic (exact) mass is 254 g/mol. The molecule has 0 radical (unpaired) electrons. The third-order valence-corrected chi connectivity index (χ3v) is 3.36. The van der Waals surface area contributed by atoms with Crippen LogP contribution < -0.4 is 9.64 Å². The average molecular weight is 255 g/mol. The number of halogens is 1. The van der Waals surface area contributed by atoms with Gasteiger partial charge in [0.2, 0.25) is 0 Å². The number of methoxy groups -OCH3 is 1. The van der Waals surface area contributed by atoms with Crippen molar-refractivity contribution >= 4 is 17.3 Å². The molecule has 4 heteroatoms. The van der Waals surface area contributed by atoms with E-state index in [0.717, 1.165) is 44.4 Å². The highest BCUT2D eigenvalue weighted by molar-refractivity contribution is 6.18. The third kappa shape index (κ3) is 3.27. The van der Waals surface area contributed by atoms with Crippen LogP contribution in [0.15, 0.2) is 24.3 Å². The average Bonchev–Trinajstić information content (AvgIpc) is 2.40. The highest BCUT2D eigenvalue weighted by Crippen LogP contribution is 2.21. The summed E-state index contributed by atoms with van der Waals surface area (Å²) in [6.07, 6.45) is 0. The van der Waals surface area contributed by atoms with Crippen LogP contribution in [-0.2, 0) is 0 Å². The summed E-state index contributed by atoms with van der Waals surface area (Å²) in [6.45, 7) is 5.29. The Bertz CT molecular complexity index is 351. The predicted molar refractivity (Wildman–Crippen MR) is 72.4 cm³/mol. The molecule has 1 aromatic carbocycles. The number of rotatable bonds is 4. The summed E-state index contributed by atoms with van der Waals surface area (Å²) in [7, 11) is 1.71. The lowest BCUT2D eigenvalue weighted by atomic mass is 10.2. The fraction of sp³-hybridized carbons (Fsp3) is 0.538. The van der Waals surface area contributed by atoms with Crippen LogP contribution in [0, 0.1) is 0 Å². The van der Waals surface area contributed by atoms with Crippen molar-refractivity contribution in [3.63, 3.8) is 0 Å². The number of ether oxygens (including phenoxy) is 1. The van der Waals surface area contributed by atoms with Gasteiger partial charge in [-0.1, -0.05) is 6.07 Å². The minimum Gasteiger partial charge on any atom is -0.497 e. The fourth-order valence-corrected chi connectivity index (χ4v) is 2.40. The zero-order valence-corrected chi connectivity index (χ0v) is 11.0. The van der Waals surface area contributed by atoms with Gasteiger partial charge in [0, 0.05) is 50.4 Å². The van der Waals surface area contributed by atoms with E-state index < -0.39 is 0 Å². The van der Waals surface area contributed by atoms with Crippen molar-refractivity contribution in [2.75, 3.05) is 50.6 Å². The van der Waals surface area contributed by atoms with Crippen molar-refractivity contribution < 1.29 is 4.74 Å². The zero-order valence-electron chi connectivity index (χ0n) is 10.2. The lowest BCUT2D eigenvalue weighted by Gasteiger charge is -2.35. The minimum atomic E-state index is 0.721. The summed E-state index contributed by atoms with van der Waals surface area (Å²) in [5, 5.41) is 0. The molecule has 0 aliphatic carbocycles. The summed E-state index contributed by atoms with van der Waals surface area (Å²) in [5.41, 5.74) is 1.25. The second-order valence-electron chi connectivity index (χ2n) is 4.22. The Labute approximate surface area is 108 Å². The first kappa shape index (κ1) is 12.5. The molecule has 0 spiro atoms. The molecule has 1 saturated heterocycles. The molecule has 1 aromatic rings. The summed E-state index contributed by atoms with van der Waals surface area (Å²) in [4.78, 5) is 4.80. The molecule has 0 N–H and O–H groups in total. The summed E-state index contributed by atoms with van der Waals surface area (Å²) < 4.78 is 5.25. The number of alkyl halides is 1. The lowest BCUT2D eigenvalue weighted by Crippen LogP contribution is -2.46. The normalized spacial score (nSPS) is 17.2. The van der Waals surface area contributed by atoms with Crippen molar-refractivity contribution in [3.05, 3.63) is 24.3 Å². The van der Waals surface area contributed by atoms with Crippen LogP contribution in [0.2, 0.25) is 0 Å². The third-order valence-electron chi connectivity index (χ3n) is 3.19. The van der Waals surface area contributed by atoms with E-state index in [1.807, 2.05) is 12.1 Å². The number of piperazine rings is 1. The Balaban J connectivity index is 1.95. The number of benzene rings is 1. The highest BCUT2D eigenvalue weighted by atomic mass is 35.5. The maximum Gasteiger partial charge on any atom is 0.120 e. The van der Waals surface area contributed by atoms with Crippen LogP contribution in [0.3, 0.4) is 0 Å². The molecule has 17 heavy (non-hydrogen) atoms. The van der Waals surface area contributed by atoms with Crippen LogP contribution in [0.5, 0.6) is 5.75 Å². The van der Waals surface area contributed by atoms with Crippen LogP contribution in [0.25, 0.3) is 0 Å². The lowest BCUT2D eigenvalue weighted by molar-refractivity contribution is 0.272. The first-order chi connectivity index (χ1) is 8.33. The Morgan fingerprint density at radius 2 is 2.00 bits per heavy atom. The second kappa shape index (κ2) is 6.12. The molecule has 94 valence electrons. The predicted octanol–water partition coefficient (Wildman–Crippen LogP) is 2.06. The maximum absolute atomic E-state index is 5.76. The van der Waals surface area contributed by atoms with Gasteiger partial charge in [-0.2, -0.15) is 0 Å². The van der Waals surface area contributed by atoms with Crippen LogP contribution in [-0.4, -0.2) is 50.6 Å². The van der Waals surface area contributed by atoms with E-state index in [1.54, 1.807) is 7.11 Å². The van der Waals surface area contributed by atoms with Crippen molar-refractivity contribution in [2.45, 2.75) is 0 Å². The van der Waals surface area contributed by atoms with Crippen LogP contribution in [0.1, 0.15) is 0 Å². The van der Waals surface area contributed by atoms with Crippen molar-refractivity contribution in [2.24, 2.45) is 0 Å². The summed E-state index contributed by atoms with van der Waals surface area (Å²) in [6, 6.07) is 8.25. The zero-order chi connectivity index (χ0) is 12.1. The molecule has 0 atom stereocenters. The van der Waals surface area contributed by atoms with Crippen molar-refractivity contribution in [3.8, 4) is 5.75 Å². The maximum atomic E-state index is 5.76. The first-order valence-electron chi connectivity index (χ1n) is 6.01. The molecule has 1 aliphatic heterocycles. The molecule has 0 aromatic heterocycles. The standard InChI is InChI=1S/C13H19ClN2O/c1-17-13-4-2-3-12(11-13)16-9-7-15(6-5-14)8-10-16/h2-4,11H,5-10H2,1H3. The van der Waals surface area contributed by atoms with Gasteiger partial charge in [0.1, 0.15) is 5.75 Å². The van der Waals surface area contributed by atoms with Gasteiger partial charge in [0.25, 0.3) is 0 Å². The molecular formula is C13H19ClN2O. The minimum absolute atomic E-state index is 0.721. The first-order valence-corrected chi connectivity index (χ1v) is 6.54.